The van der Waals surface area contributed by atoms with Crippen LogP contribution in [0.15, 0.2) is 54.6 Å². The van der Waals surface area contributed by atoms with E-state index in [0.29, 0.717) is 30.9 Å². The second kappa shape index (κ2) is 7.04. The van der Waals surface area contributed by atoms with Gasteiger partial charge in [0.05, 0.1) is 13.7 Å². The van der Waals surface area contributed by atoms with Gasteiger partial charge in [0.15, 0.2) is 0 Å². The highest BCUT2D eigenvalue weighted by Crippen LogP contribution is 2.14. The number of carbonyl (C=O) groups excluding carboxylic acids is 2. The minimum Gasteiger partial charge on any atom is -0.497 e. The van der Waals surface area contributed by atoms with E-state index in [-0.39, 0.29) is 11.9 Å². The van der Waals surface area contributed by atoms with Gasteiger partial charge in [-0.25, -0.2) is 9.80 Å². The van der Waals surface area contributed by atoms with Gasteiger partial charge in [-0.3, -0.25) is 10.2 Å². The number of carbonyl (C=O) groups is 2. The first kappa shape index (κ1) is 15.9. The third kappa shape index (κ3) is 3.48. The third-order valence-corrected chi connectivity index (χ3v) is 3.90. The lowest BCUT2D eigenvalue weighted by Crippen LogP contribution is -2.44. The third-order valence-electron chi connectivity index (χ3n) is 3.90. The number of hydrogen-bond acceptors (Lipinski definition) is 3. The average Bonchev–Trinajstić information content (AvgIpc) is 2.96. The number of ether oxygens (including phenoxy) is 1. The molecule has 3 amide bonds. The molecule has 0 bridgehead atoms. The molecule has 1 aliphatic rings. The highest BCUT2D eigenvalue weighted by molar-refractivity contribution is 5.95. The molecule has 1 heterocycles. The molecule has 0 aliphatic carbocycles. The Morgan fingerprint density at radius 2 is 1.79 bits per heavy atom. The molecule has 0 unspecified atom stereocenters. The molecule has 24 heavy (non-hydrogen) atoms. The maximum atomic E-state index is 12.4. The van der Waals surface area contributed by atoms with Crippen molar-refractivity contribution in [2.24, 2.45) is 0 Å². The summed E-state index contributed by atoms with van der Waals surface area (Å²) in [6.45, 7) is 1.58. The van der Waals surface area contributed by atoms with Crippen molar-refractivity contribution < 1.29 is 14.3 Å². The first-order valence-electron chi connectivity index (χ1n) is 7.73. The number of urea groups is 1. The molecule has 6 nitrogen and oxygen atoms in total. The quantitative estimate of drug-likeness (QED) is 0.917. The van der Waals surface area contributed by atoms with E-state index in [9.17, 15) is 9.59 Å². The van der Waals surface area contributed by atoms with E-state index in [0.717, 1.165) is 5.56 Å². The predicted octanol–water partition coefficient (Wildman–Crippen LogP) is 2.28. The van der Waals surface area contributed by atoms with Crippen molar-refractivity contribution in [2.45, 2.75) is 6.54 Å². The van der Waals surface area contributed by atoms with Crippen LogP contribution in [0.3, 0.4) is 0 Å². The molecule has 0 aromatic heterocycles. The Morgan fingerprint density at radius 3 is 2.46 bits per heavy atom. The fourth-order valence-corrected chi connectivity index (χ4v) is 2.57. The number of nitrogens with one attached hydrogen (secondary N) is 1. The number of hydrogen-bond donors (Lipinski definition) is 1. The van der Waals surface area contributed by atoms with Crippen molar-refractivity contribution in [3.8, 4) is 5.75 Å². The van der Waals surface area contributed by atoms with Crippen LogP contribution in [-0.2, 0) is 6.54 Å². The Bertz CT molecular complexity index is 716. The highest BCUT2D eigenvalue weighted by atomic mass is 16.5. The summed E-state index contributed by atoms with van der Waals surface area (Å²) >= 11 is 0. The van der Waals surface area contributed by atoms with Crippen molar-refractivity contribution in [3.05, 3.63) is 65.7 Å². The van der Waals surface area contributed by atoms with Crippen LogP contribution in [0.25, 0.3) is 0 Å². The van der Waals surface area contributed by atoms with Crippen molar-refractivity contribution in [1.82, 2.24) is 15.3 Å². The molecule has 1 N–H and O–H groups in total. The van der Waals surface area contributed by atoms with Crippen LogP contribution < -0.4 is 10.2 Å². The van der Waals surface area contributed by atoms with Crippen molar-refractivity contribution in [1.29, 1.82) is 0 Å². The van der Waals surface area contributed by atoms with E-state index in [1.807, 2.05) is 30.3 Å². The van der Waals surface area contributed by atoms with E-state index in [1.54, 1.807) is 36.3 Å². The van der Waals surface area contributed by atoms with Gasteiger partial charge in [-0.1, -0.05) is 30.3 Å². The molecule has 124 valence electrons. The van der Waals surface area contributed by atoms with Gasteiger partial charge in [0, 0.05) is 18.7 Å². The van der Waals surface area contributed by atoms with Gasteiger partial charge in [-0.2, -0.15) is 0 Å². The minimum atomic E-state index is -0.312. The number of hydrazine groups is 1. The van der Waals surface area contributed by atoms with Crippen LogP contribution in [-0.4, -0.2) is 42.0 Å². The van der Waals surface area contributed by atoms with Crippen molar-refractivity contribution in [2.75, 3.05) is 20.2 Å². The fourth-order valence-electron chi connectivity index (χ4n) is 2.57. The number of rotatable bonds is 5. The molecule has 2 aromatic carbocycles. The molecule has 6 heteroatoms. The summed E-state index contributed by atoms with van der Waals surface area (Å²) in [5.74, 6) is 0.366. The minimum absolute atomic E-state index is 0.194. The second-order valence-electron chi connectivity index (χ2n) is 5.51. The summed E-state index contributed by atoms with van der Waals surface area (Å²) < 4.78 is 5.07. The SMILES string of the molecule is COc1ccc(C(=O)NN2CCN(Cc3ccccc3)C2=O)cc1. The standard InChI is InChI=1S/C18H19N3O3/c1-24-16-9-7-15(8-10-16)17(22)19-21-12-11-20(18(21)23)13-14-5-3-2-4-6-14/h2-10H,11-13H2,1H3,(H,19,22). The zero-order chi connectivity index (χ0) is 16.9. The van der Waals surface area contributed by atoms with Gasteiger partial charge in [0.25, 0.3) is 5.91 Å². The number of nitrogens with zero attached hydrogens (tertiary/aromatic N) is 2. The largest absolute Gasteiger partial charge is 0.497 e. The predicted molar refractivity (Wildman–Crippen MR) is 89.4 cm³/mol. The van der Waals surface area contributed by atoms with Crippen LogP contribution in [0.1, 0.15) is 15.9 Å². The summed E-state index contributed by atoms with van der Waals surface area (Å²) in [5.41, 5.74) is 4.20. The molecule has 1 fully saturated rings. The number of amides is 3. The Balaban J connectivity index is 1.59. The maximum Gasteiger partial charge on any atom is 0.339 e. The highest BCUT2D eigenvalue weighted by Gasteiger charge is 2.29. The van der Waals surface area contributed by atoms with Gasteiger partial charge >= 0.3 is 6.03 Å². The van der Waals surface area contributed by atoms with Gasteiger partial charge in [-0.15, -0.1) is 0 Å². The van der Waals surface area contributed by atoms with Crippen LogP contribution in [0, 0.1) is 0 Å². The lowest BCUT2D eigenvalue weighted by atomic mass is 10.2. The molecular formula is C18H19N3O3. The molecule has 0 spiro atoms. The second-order valence-corrected chi connectivity index (χ2v) is 5.51. The molecule has 0 atom stereocenters. The lowest BCUT2D eigenvalue weighted by Gasteiger charge is -2.19. The maximum absolute atomic E-state index is 12.4. The topological polar surface area (TPSA) is 61.9 Å². The Labute approximate surface area is 140 Å². The van der Waals surface area contributed by atoms with E-state index in [2.05, 4.69) is 5.43 Å². The summed E-state index contributed by atoms with van der Waals surface area (Å²) in [6.07, 6.45) is 0. The normalized spacial score (nSPS) is 14.0. The first-order chi connectivity index (χ1) is 11.7. The Hall–Kier alpha value is -3.02. The average molecular weight is 325 g/mol. The Kier molecular flexibility index (Phi) is 4.65. The summed E-state index contributed by atoms with van der Waals surface area (Å²) in [6, 6.07) is 16.3. The number of benzene rings is 2. The van der Waals surface area contributed by atoms with Crippen molar-refractivity contribution in [3.63, 3.8) is 0 Å². The Morgan fingerprint density at radius 1 is 1.08 bits per heavy atom. The van der Waals surface area contributed by atoms with E-state index in [4.69, 9.17) is 4.74 Å². The molecule has 0 radical (unpaired) electrons. The van der Waals surface area contributed by atoms with Gasteiger partial charge < -0.3 is 9.64 Å². The smallest absolute Gasteiger partial charge is 0.339 e. The van der Waals surface area contributed by atoms with Crippen LogP contribution >= 0.6 is 0 Å². The summed E-state index contributed by atoms with van der Waals surface area (Å²) in [4.78, 5) is 26.4. The van der Waals surface area contributed by atoms with Crippen LogP contribution in [0.4, 0.5) is 4.79 Å². The molecule has 2 aromatic rings. The summed E-state index contributed by atoms with van der Waals surface area (Å²) in [7, 11) is 1.57. The van der Waals surface area contributed by atoms with E-state index >= 15 is 0 Å². The van der Waals surface area contributed by atoms with Gasteiger partial charge in [-0.05, 0) is 29.8 Å². The fraction of sp³-hybridized carbons (Fsp3) is 0.222. The molecule has 3 rings (SSSR count). The number of methoxy groups -OCH3 is 1. The lowest BCUT2D eigenvalue weighted by molar-refractivity contribution is 0.0845. The zero-order valence-electron chi connectivity index (χ0n) is 13.4. The van der Waals surface area contributed by atoms with Crippen LogP contribution in [0.2, 0.25) is 0 Å². The van der Waals surface area contributed by atoms with Crippen molar-refractivity contribution >= 4 is 11.9 Å². The summed E-state index contributed by atoms with van der Waals surface area (Å²) in [5, 5.41) is 1.36. The molecule has 1 aliphatic heterocycles. The van der Waals surface area contributed by atoms with Crippen LogP contribution in [0.5, 0.6) is 5.75 Å². The zero-order valence-corrected chi connectivity index (χ0v) is 13.4. The van der Waals surface area contributed by atoms with E-state index < -0.39 is 0 Å². The molecular weight excluding hydrogens is 306 g/mol. The van der Waals surface area contributed by atoms with E-state index in [1.165, 1.54) is 5.01 Å². The molecule has 1 saturated heterocycles. The molecule has 0 saturated carbocycles. The first-order valence-corrected chi connectivity index (χ1v) is 7.73. The van der Waals surface area contributed by atoms with Gasteiger partial charge in [0.2, 0.25) is 0 Å². The monoisotopic (exact) mass is 325 g/mol. The van der Waals surface area contributed by atoms with Gasteiger partial charge in [0.1, 0.15) is 5.75 Å².